The molecule has 84 valence electrons. The maximum absolute atomic E-state index is 11.3. The van der Waals surface area contributed by atoms with Crippen LogP contribution in [0.3, 0.4) is 0 Å². The van der Waals surface area contributed by atoms with Crippen LogP contribution in [0.25, 0.3) is 0 Å². The number of hydrogen-bond donors (Lipinski definition) is 1. The van der Waals surface area contributed by atoms with Crippen LogP contribution in [-0.4, -0.2) is 4.57 Å². The van der Waals surface area contributed by atoms with E-state index in [1.165, 1.54) is 16.9 Å². The zero-order valence-corrected chi connectivity index (χ0v) is 9.74. The third kappa shape index (κ3) is 2.73. The van der Waals surface area contributed by atoms with E-state index in [9.17, 15) is 4.79 Å². The van der Waals surface area contributed by atoms with E-state index < -0.39 is 0 Å². The van der Waals surface area contributed by atoms with Gasteiger partial charge in [0.1, 0.15) is 0 Å². The van der Waals surface area contributed by atoms with Gasteiger partial charge >= 0.3 is 4.87 Å². The molecule has 2 rings (SSSR count). The first-order valence-electron chi connectivity index (χ1n) is 5.24. The first-order chi connectivity index (χ1) is 7.75. The molecule has 0 bridgehead atoms. The van der Waals surface area contributed by atoms with Crippen LogP contribution >= 0.6 is 11.3 Å². The molecule has 0 unspecified atom stereocenters. The molecule has 0 aliphatic heterocycles. The number of nitrogens with two attached hydrogens (primary N) is 1. The molecule has 2 aromatic rings. The summed E-state index contributed by atoms with van der Waals surface area (Å²) in [7, 11) is 0. The van der Waals surface area contributed by atoms with Crippen molar-refractivity contribution in [3.05, 3.63) is 51.1 Å². The standard InChI is InChI=1S/C12H14N2OS/c13-11-5-3-10(4-6-11)2-1-7-14-8-9-16-12(14)15/h3-6,8-9H,1-2,7,13H2. The third-order valence-electron chi connectivity index (χ3n) is 2.49. The summed E-state index contributed by atoms with van der Waals surface area (Å²) in [6.45, 7) is 0.784. The highest BCUT2D eigenvalue weighted by Crippen LogP contribution is 2.08. The Labute approximate surface area is 98.2 Å². The van der Waals surface area contributed by atoms with Gasteiger partial charge < -0.3 is 10.3 Å². The molecular formula is C12H14N2OS. The molecule has 0 fully saturated rings. The van der Waals surface area contributed by atoms with E-state index in [0.717, 1.165) is 25.1 Å². The van der Waals surface area contributed by atoms with Gasteiger partial charge in [-0.05, 0) is 30.5 Å². The largest absolute Gasteiger partial charge is 0.399 e. The Morgan fingerprint density at radius 3 is 2.62 bits per heavy atom. The molecule has 4 heteroatoms. The van der Waals surface area contributed by atoms with Crippen molar-refractivity contribution in [1.29, 1.82) is 0 Å². The third-order valence-corrected chi connectivity index (χ3v) is 3.18. The topological polar surface area (TPSA) is 48.0 Å². The van der Waals surface area contributed by atoms with Gasteiger partial charge in [0.15, 0.2) is 0 Å². The summed E-state index contributed by atoms with van der Waals surface area (Å²) in [5, 5.41) is 1.82. The van der Waals surface area contributed by atoms with Crippen molar-refractivity contribution >= 4 is 17.0 Å². The lowest BCUT2D eigenvalue weighted by atomic mass is 10.1. The number of thiazole rings is 1. The molecule has 0 aliphatic rings. The Morgan fingerprint density at radius 1 is 1.25 bits per heavy atom. The number of anilines is 1. The fraction of sp³-hybridized carbons (Fsp3) is 0.250. The second-order valence-corrected chi connectivity index (χ2v) is 4.56. The molecule has 1 aromatic heterocycles. The van der Waals surface area contributed by atoms with E-state index in [-0.39, 0.29) is 4.87 Å². The summed E-state index contributed by atoms with van der Waals surface area (Å²) < 4.78 is 1.75. The quantitative estimate of drug-likeness (QED) is 0.824. The van der Waals surface area contributed by atoms with Crippen LogP contribution in [0.2, 0.25) is 0 Å². The van der Waals surface area contributed by atoms with Gasteiger partial charge in [-0.15, -0.1) is 0 Å². The Bertz CT molecular complexity index is 498. The lowest BCUT2D eigenvalue weighted by Gasteiger charge is -2.02. The smallest absolute Gasteiger partial charge is 0.307 e. The van der Waals surface area contributed by atoms with Crippen LogP contribution in [0.15, 0.2) is 40.6 Å². The van der Waals surface area contributed by atoms with Crippen LogP contribution in [0.1, 0.15) is 12.0 Å². The van der Waals surface area contributed by atoms with Crippen molar-refractivity contribution in [3.8, 4) is 0 Å². The van der Waals surface area contributed by atoms with Crippen molar-refractivity contribution in [2.24, 2.45) is 0 Å². The molecule has 0 saturated heterocycles. The van der Waals surface area contributed by atoms with E-state index >= 15 is 0 Å². The summed E-state index contributed by atoms with van der Waals surface area (Å²) in [6.07, 6.45) is 3.79. The minimum Gasteiger partial charge on any atom is -0.399 e. The summed E-state index contributed by atoms with van der Waals surface area (Å²) in [4.78, 5) is 11.4. The molecule has 16 heavy (non-hydrogen) atoms. The molecule has 0 aliphatic carbocycles. The number of hydrogen-bond acceptors (Lipinski definition) is 3. The second-order valence-electron chi connectivity index (χ2n) is 3.71. The molecule has 0 saturated carbocycles. The molecule has 0 amide bonds. The predicted octanol–water partition coefficient (Wildman–Crippen LogP) is 2.12. The van der Waals surface area contributed by atoms with E-state index in [1.54, 1.807) is 4.57 Å². The van der Waals surface area contributed by atoms with Gasteiger partial charge in [-0.1, -0.05) is 23.5 Å². The summed E-state index contributed by atoms with van der Waals surface area (Å²) >= 11 is 1.24. The summed E-state index contributed by atoms with van der Waals surface area (Å²) in [6, 6.07) is 7.88. The molecular weight excluding hydrogens is 220 g/mol. The Hall–Kier alpha value is -1.55. The molecule has 3 nitrogen and oxygen atoms in total. The molecule has 0 spiro atoms. The van der Waals surface area contributed by atoms with Crippen molar-refractivity contribution in [1.82, 2.24) is 4.57 Å². The van der Waals surface area contributed by atoms with Gasteiger partial charge in [0.25, 0.3) is 0 Å². The predicted molar refractivity (Wildman–Crippen MR) is 67.8 cm³/mol. The molecule has 1 aromatic carbocycles. The van der Waals surface area contributed by atoms with Crippen molar-refractivity contribution in [2.45, 2.75) is 19.4 Å². The van der Waals surface area contributed by atoms with Gasteiger partial charge in [0.2, 0.25) is 0 Å². The number of benzene rings is 1. The Kier molecular flexibility index (Phi) is 3.41. The number of nitrogen functional groups attached to an aromatic ring is 1. The number of aryl methyl sites for hydroxylation is 2. The van der Waals surface area contributed by atoms with E-state index in [0.29, 0.717) is 0 Å². The van der Waals surface area contributed by atoms with E-state index in [1.807, 2.05) is 35.8 Å². The minimum atomic E-state index is 0.123. The number of aromatic nitrogens is 1. The fourth-order valence-corrected chi connectivity index (χ4v) is 2.21. The molecule has 1 heterocycles. The maximum Gasteiger partial charge on any atom is 0.307 e. The van der Waals surface area contributed by atoms with E-state index in [2.05, 4.69) is 0 Å². The van der Waals surface area contributed by atoms with Crippen LogP contribution in [0.4, 0.5) is 5.69 Å². The molecule has 0 atom stereocenters. The number of nitrogens with zero attached hydrogens (tertiary/aromatic N) is 1. The van der Waals surface area contributed by atoms with Crippen molar-refractivity contribution in [3.63, 3.8) is 0 Å². The highest BCUT2D eigenvalue weighted by atomic mass is 32.1. The summed E-state index contributed by atoms with van der Waals surface area (Å²) in [5.74, 6) is 0. The zero-order chi connectivity index (χ0) is 11.4. The van der Waals surface area contributed by atoms with Crippen LogP contribution in [0.5, 0.6) is 0 Å². The lowest BCUT2D eigenvalue weighted by molar-refractivity contribution is 0.634. The van der Waals surface area contributed by atoms with E-state index in [4.69, 9.17) is 5.73 Å². The van der Waals surface area contributed by atoms with Gasteiger partial charge in [-0.25, -0.2) is 0 Å². The lowest BCUT2D eigenvalue weighted by Crippen LogP contribution is -2.12. The van der Waals surface area contributed by atoms with Crippen molar-refractivity contribution < 1.29 is 0 Å². The molecule has 2 N–H and O–H groups in total. The minimum absolute atomic E-state index is 0.123. The monoisotopic (exact) mass is 234 g/mol. The average Bonchev–Trinajstić information content (AvgIpc) is 2.68. The first kappa shape index (κ1) is 11.0. The van der Waals surface area contributed by atoms with Gasteiger partial charge in [0.05, 0.1) is 0 Å². The summed E-state index contributed by atoms with van der Waals surface area (Å²) in [5.41, 5.74) is 7.66. The fourth-order valence-electron chi connectivity index (χ4n) is 1.59. The first-order valence-corrected chi connectivity index (χ1v) is 6.12. The highest BCUT2D eigenvalue weighted by molar-refractivity contribution is 7.07. The Morgan fingerprint density at radius 2 is 2.00 bits per heavy atom. The van der Waals surface area contributed by atoms with Crippen LogP contribution < -0.4 is 10.6 Å². The number of rotatable bonds is 4. The van der Waals surface area contributed by atoms with Crippen LogP contribution in [-0.2, 0) is 13.0 Å². The van der Waals surface area contributed by atoms with Gasteiger partial charge in [-0.2, -0.15) is 0 Å². The second kappa shape index (κ2) is 4.99. The normalized spacial score (nSPS) is 10.5. The zero-order valence-electron chi connectivity index (χ0n) is 8.93. The maximum atomic E-state index is 11.3. The SMILES string of the molecule is Nc1ccc(CCCn2ccsc2=O)cc1. The Balaban J connectivity index is 1.87. The molecule has 0 radical (unpaired) electrons. The van der Waals surface area contributed by atoms with Crippen LogP contribution in [0, 0.1) is 0 Å². The van der Waals surface area contributed by atoms with Gasteiger partial charge in [-0.3, -0.25) is 4.79 Å². The highest BCUT2D eigenvalue weighted by Gasteiger charge is 1.97. The van der Waals surface area contributed by atoms with Gasteiger partial charge in [0, 0.05) is 23.8 Å². The van der Waals surface area contributed by atoms with Crippen molar-refractivity contribution in [2.75, 3.05) is 5.73 Å². The average molecular weight is 234 g/mol.